The predicted octanol–water partition coefficient (Wildman–Crippen LogP) is 1.91. The SMILES string of the molecule is COC(=O)[C@]1(C)OC[C@H](CCCCC(=O)CCl)CO1. The van der Waals surface area contributed by atoms with E-state index in [9.17, 15) is 9.59 Å². The lowest BCUT2D eigenvalue weighted by Gasteiger charge is -2.35. The van der Waals surface area contributed by atoms with E-state index in [-0.39, 0.29) is 17.6 Å². The second kappa shape index (κ2) is 7.82. The zero-order valence-corrected chi connectivity index (χ0v) is 12.2. The molecule has 1 heterocycles. The summed E-state index contributed by atoms with van der Waals surface area (Å²) in [6.45, 7) is 2.50. The molecular weight excluding hydrogens is 272 g/mol. The minimum absolute atomic E-state index is 0.0797. The summed E-state index contributed by atoms with van der Waals surface area (Å²) >= 11 is 5.42. The van der Waals surface area contributed by atoms with Crippen molar-refractivity contribution in [2.24, 2.45) is 5.92 Å². The summed E-state index contributed by atoms with van der Waals surface area (Å²) in [7, 11) is 1.31. The number of hydrogen-bond donors (Lipinski definition) is 0. The Morgan fingerprint density at radius 3 is 2.47 bits per heavy atom. The van der Waals surface area contributed by atoms with Crippen molar-refractivity contribution in [3.8, 4) is 0 Å². The second-order valence-electron chi connectivity index (χ2n) is 4.84. The minimum atomic E-state index is -1.28. The summed E-state index contributed by atoms with van der Waals surface area (Å²) in [6, 6.07) is 0. The van der Waals surface area contributed by atoms with Crippen LogP contribution in [0.2, 0.25) is 0 Å². The van der Waals surface area contributed by atoms with Crippen molar-refractivity contribution in [1.82, 2.24) is 0 Å². The van der Waals surface area contributed by atoms with E-state index in [1.807, 2.05) is 0 Å². The Hall–Kier alpha value is -0.650. The van der Waals surface area contributed by atoms with Gasteiger partial charge < -0.3 is 14.2 Å². The molecule has 0 aromatic rings. The van der Waals surface area contributed by atoms with Crippen LogP contribution in [0.3, 0.4) is 0 Å². The smallest absolute Gasteiger partial charge is 0.366 e. The number of Topliss-reactive ketones (excluding diaryl/α,β-unsaturated/α-hetero) is 1. The maximum atomic E-state index is 11.4. The van der Waals surface area contributed by atoms with Gasteiger partial charge in [-0.25, -0.2) is 4.79 Å². The number of methoxy groups -OCH3 is 1. The van der Waals surface area contributed by atoms with E-state index in [4.69, 9.17) is 21.1 Å². The van der Waals surface area contributed by atoms with Gasteiger partial charge in [-0.1, -0.05) is 6.42 Å². The molecule has 0 aromatic heterocycles. The molecule has 1 aliphatic rings. The van der Waals surface area contributed by atoms with Crippen LogP contribution in [0.4, 0.5) is 0 Å². The number of carbonyl (C=O) groups excluding carboxylic acids is 2. The quantitative estimate of drug-likeness (QED) is 0.407. The number of unbranched alkanes of at least 4 members (excludes halogenated alkanes) is 1. The van der Waals surface area contributed by atoms with Gasteiger partial charge in [0.2, 0.25) is 0 Å². The summed E-state index contributed by atoms with van der Waals surface area (Å²) < 4.78 is 15.5. The highest BCUT2D eigenvalue weighted by molar-refractivity contribution is 6.27. The number of ether oxygens (including phenoxy) is 3. The van der Waals surface area contributed by atoms with Crippen molar-refractivity contribution >= 4 is 23.4 Å². The highest BCUT2D eigenvalue weighted by Crippen LogP contribution is 2.25. The first-order valence-corrected chi connectivity index (χ1v) is 6.99. The third-order valence-corrected chi connectivity index (χ3v) is 3.51. The molecule has 0 radical (unpaired) electrons. The Labute approximate surface area is 118 Å². The van der Waals surface area contributed by atoms with E-state index in [2.05, 4.69) is 4.74 Å². The van der Waals surface area contributed by atoms with Gasteiger partial charge in [0.1, 0.15) is 5.78 Å². The predicted molar refractivity (Wildman–Crippen MR) is 70.0 cm³/mol. The van der Waals surface area contributed by atoms with Gasteiger partial charge in [0.25, 0.3) is 5.79 Å². The van der Waals surface area contributed by atoms with E-state index in [1.165, 1.54) is 7.11 Å². The maximum absolute atomic E-state index is 11.4. The largest absolute Gasteiger partial charge is 0.465 e. The molecule has 0 spiro atoms. The van der Waals surface area contributed by atoms with Gasteiger partial charge >= 0.3 is 5.97 Å². The van der Waals surface area contributed by atoms with E-state index in [1.54, 1.807) is 6.92 Å². The zero-order valence-electron chi connectivity index (χ0n) is 11.4. The van der Waals surface area contributed by atoms with Gasteiger partial charge in [-0.05, 0) is 12.8 Å². The Morgan fingerprint density at radius 2 is 1.95 bits per heavy atom. The molecule has 0 aliphatic carbocycles. The van der Waals surface area contributed by atoms with Crippen LogP contribution < -0.4 is 0 Å². The van der Waals surface area contributed by atoms with Crippen molar-refractivity contribution in [1.29, 1.82) is 0 Å². The molecule has 0 N–H and O–H groups in total. The van der Waals surface area contributed by atoms with Crippen LogP contribution in [-0.4, -0.2) is 43.7 Å². The van der Waals surface area contributed by atoms with Gasteiger partial charge in [0.05, 0.1) is 26.2 Å². The molecule has 0 bridgehead atoms. The minimum Gasteiger partial charge on any atom is -0.465 e. The normalized spacial score (nSPS) is 27.0. The molecule has 6 heteroatoms. The lowest BCUT2D eigenvalue weighted by atomic mass is 10.0. The summed E-state index contributed by atoms with van der Waals surface area (Å²) in [4.78, 5) is 22.5. The van der Waals surface area contributed by atoms with Crippen LogP contribution in [0.1, 0.15) is 32.6 Å². The Balaban J connectivity index is 2.20. The fraction of sp³-hybridized carbons (Fsp3) is 0.846. The average molecular weight is 293 g/mol. The van der Waals surface area contributed by atoms with Crippen LogP contribution in [0, 0.1) is 5.92 Å². The molecule has 110 valence electrons. The average Bonchev–Trinajstić information content (AvgIpc) is 2.44. The molecule has 0 aromatic carbocycles. The number of rotatable bonds is 7. The number of ketones is 1. The number of hydrogen-bond acceptors (Lipinski definition) is 5. The molecule has 5 nitrogen and oxygen atoms in total. The summed E-state index contributed by atoms with van der Waals surface area (Å²) in [6.07, 6.45) is 3.19. The number of halogens is 1. The molecular formula is C13H21ClO5. The lowest BCUT2D eigenvalue weighted by Crippen LogP contribution is -2.48. The van der Waals surface area contributed by atoms with Crippen LogP contribution in [0.25, 0.3) is 0 Å². The molecule has 1 fully saturated rings. The van der Waals surface area contributed by atoms with E-state index in [0.29, 0.717) is 19.6 Å². The molecule has 1 rings (SSSR count). The number of esters is 1. The summed E-state index contributed by atoms with van der Waals surface area (Å²) in [5.41, 5.74) is 0. The highest BCUT2D eigenvalue weighted by atomic mass is 35.5. The molecule has 0 unspecified atom stereocenters. The first-order valence-electron chi connectivity index (χ1n) is 6.46. The maximum Gasteiger partial charge on any atom is 0.366 e. The number of alkyl halides is 1. The van der Waals surface area contributed by atoms with Gasteiger partial charge in [0.15, 0.2) is 0 Å². The molecule has 1 aliphatic heterocycles. The van der Waals surface area contributed by atoms with Crippen LogP contribution >= 0.6 is 11.6 Å². The molecule has 0 amide bonds. The summed E-state index contributed by atoms with van der Waals surface area (Å²) in [5, 5.41) is 0. The van der Waals surface area contributed by atoms with Gasteiger partial charge in [-0.2, -0.15) is 0 Å². The lowest BCUT2D eigenvalue weighted by molar-refractivity contribution is -0.272. The second-order valence-corrected chi connectivity index (χ2v) is 5.11. The first-order chi connectivity index (χ1) is 9.01. The monoisotopic (exact) mass is 292 g/mol. The highest BCUT2D eigenvalue weighted by Gasteiger charge is 2.41. The van der Waals surface area contributed by atoms with E-state index >= 15 is 0 Å². The topological polar surface area (TPSA) is 61.8 Å². The van der Waals surface area contributed by atoms with Gasteiger partial charge in [-0.3, -0.25) is 4.79 Å². The standard InChI is InChI=1S/C13H21ClO5/c1-13(12(16)17-2)18-8-10(9-19-13)5-3-4-6-11(15)7-14/h10H,3-9H2,1-2H3/t10-,13+. The van der Waals surface area contributed by atoms with Gasteiger partial charge in [0, 0.05) is 19.3 Å². The number of carbonyl (C=O) groups is 2. The summed E-state index contributed by atoms with van der Waals surface area (Å²) in [5.74, 6) is -1.37. The van der Waals surface area contributed by atoms with Crippen molar-refractivity contribution in [3.05, 3.63) is 0 Å². The third-order valence-electron chi connectivity index (χ3n) is 3.21. The third kappa shape index (κ3) is 5.09. The Bertz CT molecular complexity index is 310. The van der Waals surface area contributed by atoms with Crippen LogP contribution in [-0.2, 0) is 23.8 Å². The van der Waals surface area contributed by atoms with E-state index in [0.717, 1.165) is 19.3 Å². The molecule has 1 saturated heterocycles. The van der Waals surface area contributed by atoms with E-state index < -0.39 is 11.8 Å². The van der Waals surface area contributed by atoms with Crippen molar-refractivity contribution in [3.63, 3.8) is 0 Å². The fourth-order valence-electron chi connectivity index (χ4n) is 1.94. The van der Waals surface area contributed by atoms with Gasteiger partial charge in [-0.15, -0.1) is 11.6 Å². The molecule has 0 atom stereocenters. The van der Waals surface area contributed by atoms with Crippen molar-refractivity contribution in [2.45, 2.75) is 38.4 Å². The van der Waals surface area contributed by atoms with Crippen LogP contribution in [0.15, 0.2) is 0 Å². The van der Waals surface area contributed by atoms with Crippen molar-refractivity contribution < 1.29 is 23.8 Å². The Morgan fingerprint density at radius 1 is 1.32 bits per heavy atom. The first kappa shape index (κ1) is 16.4. The molecule has 19 heavy (non-hydrogen) atoms. The Kier molecular flexibility index (Phi) is 6.75. The fourth-order valence-corrected chi connectivity index (χ4v) is 2.07. The van der Waals surface area contributed by atoms with Crippen LogP contribution in [0.5, 0.6) is 0 Å². The zero-order chi connectivity index (χ0) is 14.3. The molecule has 0 saturated carbocycles. The van der Waals surface area contributed by atoms with Crippen molar-refractivity contribution in [2.75, 3.05) is 26.2 Å².